The van der Waals surface area contributed by atoms with Crippen LogP contribution in [0.1, 0.15) is 18.4 Å². The molecule has 0 unspecified atom stereocenters. The summed E-state index contributed by atoms with van der Waals surface area (Å²) in [7, 11) is 1.37. The van der Waals surface area contributed by atoms with E-state index in [0.29, 0.717) is 13.1 Å². The van der Waals surface area contributed by atoms with Crippen molar-refractivity contribution in [2.45, 2.75) is 19.3 Å². The number of hydrogen-bond acceptors (Lipinski definition) is 4. The summed E-state index contributed by atoms with van der Waals surface area (Å²) in [5, 5.41) is 9.40. The molecule has 1 aromatic carbocycles. The van der Waals surface area contributed by atoms with Crippen molar-refractivity contribution >= 4 is 11.9 Å². The average Bonchev–Trinajstić information content (AvgIpc) is 2.46. The van der Waals surface area contributed by atoms with Gasteiger partial charge in [-0.05, 0) is 30.5 Å². The van der Waals surface area contributed by atoms with Crippen molar-refractivity contribution in [2.75, 3.05) is 20.2 Å². The second-order valence-corrected chi connectivity index (χ2v) is 5.05. The molecule has 0 aliphatic carbocycles. The van der Waals surface area contributed by atoms with Crippen LogP contribution in [0.25, 0.3) is 0 Å². The number of piperidine rings is 1. The highest BCUT2D eigenvalue weighted by Crippen LogP contribution is 2.19. The molecule has 0 bridgehead atoms. The fourth-order valence-electron chi connectivity index (χ4n) is 2.52. The fraction of sp³-hybridized carbons (Fsp3) is 0.467. The first kappa shape index (κ1) is 14.4. The predicted octanol–water partition coefficient (Wildman–Crippen LogP) is 1.35. The van der Waals surface area contributed by atoms with Gasteiger partial charge in [0.25, 0.3) is 0 Å². The van der Waals surface area contributed by atoms with E-state index in [4.69, 9.17) is 4.74 Å². The number of phenolic OH excluding ortho intramolecular Hbond substituents is 1. The van der Waals surface area contributed by atoms with Crippen LogP contribution in [-0.2, 0) is 20.7 Å². The molecular weight excluding hydrogens is 258 g/mol. The molecule has 108 valence electrons. The smallest absolute Gasteiger partial charge is 0.310 e. The molecule has 1 aliphatic heterocycles. The van der Waals surface area contributed by atoms with E-state index in [0.717, 1.165) is 18.4 Å². The van der Waals surface area contributed by atoms with Gasteiger partial charge in [-0.2, -0.15) is 0 Å². The third-order valence-electron chi connectivity index (χ3n) is 3.57. The van der Waals surface area contributed by atoms with E-state index in [1.54, 1.807) is 29.2 Å². The summed E-state index contributed by atoms with van der Waals surface area (Å²) >= 11 is 0. The molecule has 2 rings (SSSR count). The van der Waals surface area contributed by atoms with Crippen molar-refractivity contribution < 1.29 is 19.4 Å². The summed E-state index contributed by atoms with van der Waals surface area (Å²) in [4.78, 5) is 25.5. The number of esters is 1. The third kappa shape index (κ3) is 3.50. The summed E-state index contributed by atoms with van der Waals surface area (Å²) in [6, 6.07) is 6.67. The molecule has 1 N–H and O–H groups in total. The summed E-state index contributed by atoms with van der Waals surface area (Å²) < 4.78 is 4.74. The number of amides is 1. The molecule has 1 aromatic rings. The van der Waals surface area contributed by atoms with Gasteiger partial charge in [0.2, 0.25) is 5.91 Å². The second kappa shape index (κ2) is 6.41. The van der Waals surface area contributed by atoms with E-state index in [2.05, 4.69) is 0 Å². The van der Waals surface area contributed by atoms with Gasteiger partial charge in [-0.1, -0.05) is 12.1 Å². The highest BCUT2D eigenvalue weighted by molar-refractivity contribution is 5.80. The third-order valence-corrected chi connectivity index (χ3v) is 3.57. The number of carbonyl (C=O) groups excluding carboxylic acids is 2. The average molecular weight is 277 g/mol. The SMILES string of the molecule is COC(=O)[C@H]1CCCN(C(=O)Cc2cccc(O)c2)C1. The van der Waals surface area contributed by atoms with E-state index in [1.165, 1.54) is 7.11 Å². The van der Waals surface area contributed by atoms with Gasteiger partial charge in [-0.25, -0.2) is 0 Å². The van der Waals surface area contributed by atoms with Crippen LogP contribution in [0.15, 0.2) is 24.3 Å². The van der Waals surface area contributed by atoms with E-state index in [1.807, 2.05) is 0 Å². The second-order valence-electron chi connectivity index (χ2n) is 5.05. The zero-order valence-electron chi connectivity index (χ0n) is 11.5. The maximum atomic E-state index is 12.2. The van der Waals surface area contributed by atoms with Crippen molar-refractivity contribution in [2.24, 2.45) is 5.92 Å². The number of likely N-dealkylation sites (tertiary alicyclic amines) is 1. The van der Waals surface area contributed by atoms with Crippen molar-refractivity contribution in [1.29, 1.82) is 0 Å². The van der Waals surface area contributed by atoms with Gasteiger partial charge in [-0.15, -0.1) is 0 Å². The van der Waals surface area contributed by atoms with Crippen LogP contribution >= 0.6 is 0 Å². The van der Waals surface area contributed by atoms with Gasteiger partial charge in [0.15, 0.2) is 0 Å². The van der Waals surface area contributed by atoms with Gasteiger partial charge in [0.05, 0.1) is 19.4 Å². The van der Waals surface area contributed by atoms with E-state index >= 15 is 0 Å². The quantitative estimate of drug-likeness (QED) is 0.847. The molecule has 0 aromatic heterocycles. The highest BCUT2D eigenvalue weighted by atomic mass is 16.5. The topological polar surface area (TPSA) is 66.8 Å². The minimum atomic E-state index is -0.250. The zero-order valence-corrected chi connectivity index (χ0v) is 11.5. The first-order valence-corrected chi connectivity index (χ1v) is 6.73. The molecule has 1 fully saturated rings. The number of phenols is 1. The number of methoxy groups -OCH3 is 1. The minimum absolute atomic E-state index is 0.0239. The van der Waals surface area contributed by atoms with Crippen LogP contribution in [0.5, 0.6) is 5.75 Å². The summed E-state index contributed by atoms with van der Waals surface area (Å²) in [5.74, 6) is -0.340. The first-order chi connectivity index (χ1) is 9.60. The number of rotatable bonds is 3. The summed E-state index contributed by atoms with van der Waals surface area (Å²) in [6.45, 7) is 1.09. The van der Waals surface area contributed by atoms with E-state index < -0.39 is 0 Å². The Balaban J connectivity index is 1.97. The lowest BCUT2D eigenvalue weighted by Crippen LogP contribution is -2.43. The molecule has 5 nitrogen and oxygen atoms in total. The van der Waals surface area contributed by atoms with E-state index in [-0.39, 0.29) is 30.0 Å². The summed E-state index contributed by atoms with van der Waals surface area (Å²) in [6.07, 6.45) is 1.82. The first-order valence-electron chi connectivity index (χ1n) is 6.73. The molecule has 1 aliphatic rings. The molecule has 0 radical (unpaired) electrons. The molecule has 20 heavy (non-hydrogen) atoms. The lowest BCUT2D eigenvalue weighted by atomic mass is 9.97. The maximum absolute atomic E-state index is 12.2. The number of ether oxygens (including phenoxy) is 1. The number of carbonyl (C=O) groups is 2. The highest BCUT2D eigenvalue weighted by Gasteiger charge is 2.28. The number of aromatic hydroxyl groups is 1. The van der Waals surface area contributed by atoms with Crippen molar-refractivity contribution in [3.05, 3.63) is 29.8 Å². The Morgan fingerprint density at radius 1 is 1.45 bits per heavy atom. The zero-order chi connectivity index (χ0) is 14.5. The minimum Gasteiger partial charge on any atom is -0.508 e. The number of nitrogens with zero attached hydrogens (tertiary/aromatic N) is 1. The lowest BCUT2D eigenvalue weighted by Gasteiger charge is -2.31. The van der Waals surface area contributed by atoms with Gasteiger partial charge in [-0.3, -0.25) is 9.59 Å². The Bertz CT molecular complexity index is 500. The largest absolute Gasteiger partial charge is 0.508 e. The number of benzene rings is 1. The molecule has 1 atom stereocenters. The maximum Gasteiger partial charge on any atom is 0.310 e. The van der Waals surface area contributed by atoms with Gasteiger partial charge in [0.1, 0.15) is 5.75 Å². The Morgan fingerprint density at radius 2 is 2.25 bits per heavy atom. The molecule has 0 spiro atoms. The van der Waals surface area contributed by atoms with Crippen LogP contribution in [0.4, 0.5) is 0 Å². The normalized spacial score (nSPS) is 18.6. The fourth-order valence-corrected chi connectivity index (χ4v) is 2.52. The van der Waals surface area contributed by atoms with Crippen LogP contribution in [0.2, 0.25) is 0 Å². The lowest BCUT2D eigenvalue weighted by molar-refractivity contribution is -0.148. The number of hydrogen-bond donors (Lipinski definition) is 1. The molecule has 1 heterocycles. The molecule has 1 saturated heterocycles. The van der Waals surface area contributed by atoms with Crippen LogP contribution in [0.3, 0.4) is 0 Å². The van der Waals surface area contributed by atoms with Gasteiger partial charge >= 0.3 is 5.97 Å². The molecule has 5 heteroatoms. The standard InChI is InChI=1S/C15H19NO4/c1-20-15(19)12-5-3-7-16(10-12)14(18)9-11-4-2-6-13(17)8-11/h2,4,6,8,12,17H,3,5,7,9-10H2,1H3/t12-/m0/s1. The van der Waals surface area contributed by atoms with E-state index in [9.17, 15) is 14.7 Å². The van der Waals surface area contributed by atoms with Crippen LogP contribution < -0.4 is 0 Å². The summed E-state index contributed by atoms with van der Waals surface area (Å²) in [5.41, 5.74) is 0.773. The van der Waals surface area contributed by atoms with Crippen molar-refractivity contribution in [3.63, 3.8) is 0 Å². The van der Waals surface area contributed by atoms with Crippen molar-refractivity contribution in [1.82, 2.24) is 4.90 Å². The van der Waals surface area contributed by atoms with Gasteiger partial charge < -0.3 is 14.7 Å². The molecule has 1 amide bonds. The van der Waals surface area contributed by atoms with Crippen LogP contribution in [0, 0.1) is 5.92 Å². The molecular formula is C15H19NO4. The monoisotopic (exact) mass is 277 g/mol. The Morgan fingerprint density at radius 3 is 2.95 bits per heavy atom. The molecule has 0 saturated carbocycles. The Hall–Kier alpha value is -2.04. The Kier molecular flexibility index (Phi) is 4.61. The van der Waals surface area contributed by atoms with Crippen molar-refractivity contribution in [3.8, 4) is 5.75 Å². The van der Waals surface area contributed by atoms with Gasteiger partial charge in [0, 0.05) is 13.1 Å². The predicted molar refractivity (Wildman–Crippen MR) is 73.1 cm³/mol. The van der Waals surface area contributed by atoms with Crippen LogP contribution in [-0.4, -0.2) is 42.1 Å². The Labute approximate surface area is 118 Å².